The third-order valence-electron chi connectivity index (χ3n) is 5.39. The van der Waals surface area contributed by atoms with Crippen molar-refractivity contribution in [3.05, 3.63) is 29.8 Å². The number of nitrogens with zero attached hydrogens (tertiary/aromatic N) is 2. The van der Waals surface area contributed by atoms with Crippen molar-refractivity contribution >= 4 is 23.4 Å². The Morgan fingerprint density at radius 1 is 1.22 bits per heavy atom. The number of nitrogens with one attached hydrogen (secondary N) is 2. The fraction of sp³-hybridized carbons (Fsp3) is 0.550. The van der Waals surface area contributed by atoms with E-state index in [0.29, 0.717) is 6.54 Å². The lowest BCUT2D eigenvalue weighted by atomic mass is 10.1. The second-order valence-electron chi connectivity index (χ2n) is 7.40. The van der Waals surface area contributed by atoms with E-state index < -0.39 is 17.9 Å². The van der Waals surface area contributed by atoms with Crippen molar-refractivity contribution in [2.75, 3.05) is 24.5 Å². The van der Waals surface area contributed by atoms with Crippen LogP contribution in [0.3, 0.4) is 0 Å². The molecule has 7 heteroatoms. The summed E-state index contributed by atoms with van der Waals surface area (Å²) in [6.45, 7) is 8.36. The fourth-order valence-corrected chi connectivity index (χ4v) is 4.04. The van der Waals surface area contributed by atoms with Crippen LogP contribution in [0.2, 0.25) is 0 Å². The number of carbonyl (C=O) groups excluding carboxylic acids is 3. The summed E-state index contributed by atoms with van der Waals surface area (Å²) in [5.74, 6) is -1.67. The first kappa shape index (κ1) is 19.4. The molecule has 1 saturated heterocycles. The molecule has 2 heterocycles. The van der Waals surface area contributed by atoms with Crippen molar-refractivity contribution in [1.29, 1.82) is 0 Å². The molecule has 2 aliphatic rings. The summed E-state index contributed by atoms with van der Waals surface area (Å²) in [6.07, 6.45) is 2.13. The minimum Gasteiger partial charge on any atom is -0.346 e. The highest BCUT2D eigenvalue weighted by Gasteiger charge is 2.40. The first-order valence-corrected chi connectivity index (χ1v) is 9.68. The molecule has 2 N–H and O–H groups in total. The lowest BCUT2D eigenvalue weighted by Gasteiger charge is -2.23. The van der Waals surface area contributed by atoms with E-state index in [1.165, 1.54) is 0 Å². The van der Waals surface area contributed by atoms with E-state index in [1.54, 1.807) is 4.90 Å². The Hall–Kier alpha value is -2.41. The van der Waals surface area contributed by atoms with Gasteiger partial charge in [0.05, 0.1) is 0 Å². The maximum absolute atomic E-state index is 12.8. The Morgan fingerprint density at radius 3 is 2.67 bits per heavy atom. The molecule has 27 heavy (non-hydrogen) atoms. The molecule has 2 atom stereocenters. The van der Waals surface area contributed by atoms with Crippen LogP contribution in [0.15, 0.2) is 24.3 Å². The van der Waals surface area contributed by atoms with E-state index >= 15 is 0 Å². The largest absolute Gasteiger partial charge is 0.346 e. The SMILES string of the molecule is CCN1CCC[C@@H]1CNC(=O)C(=O)N[C@H]1C(=O)N(C(C)C)c2ccccc21. The number of benzene rings is 1. The van der Waals surface area contributed by atoms with Gasteiger partial charge in [-0.15, -0.1) is 0 Å². The molecular weight excluding hydrogens is 344 g/mol. The van der Waals surface area contributed by atoms with Crippen LogP contribution < -0.4 is 15.5 Å². The fourth-order valence-electron chi connectivity index (χ4n) is 4.04. The smallest absolute Gasteiger partial charge is 0.310 e. The van der Waals surface area contributed by atoms with Gasteiger partial charge in [-0.05, 0) is 45.8 Å². The van der Waals surface area contributed by atoms with Gasteiger partial charge in [-0.25, -0.2) is 0 Å². The Bertz CT molecular complexity index is 734. The molecule has 0 spiro atoms. The molecule has 0 saturated carbocycles. The molecule has 0 radical (unpaired) electrons. The lowest BCUT2D eigenvalue weighted by molar-refractivity contribution is -0.140. The molecule has 1 aromatic carbocycles. The predicted molar refractivity (Wildman–Crippen MR) is 103 cm³/mol. The topological polar surface area (TPSA) is 81.8 Å². The number of carbonyl (C=O) groups is 3. The van der Waals surface area contributed by atoms with Gasteiger partial charge < -0.3 is 15.5 Å². The third-order valence-corrected chi connectivity index (χ3v) is 5.39. The average molecular weight is 372 g/mol. The maximum Gasteiger partial charge on any atom is 0.310 e. The van der Waals surface area contributed by atoms with Crippen molar-refractivity contribution in [2.24, 2.45) is 0 Å². The molecule has 1 aromatic rings. The van der Waals surface area contributed by atoms with Crippen molar-refractivity contribution in [2.45, 2.75) is 51.7 Å². The van der Waals surface area contributed by atoms with Gasteiger partial charge in [-0.3, -0.25) is 19.3 Å². The summed E-state index contributed by atoms with van der Waals surface area (Å²) >= 11 is 0. The number of likely N-dealkylation sites (N-methyl/N-ethyl adjacent to an activating group) is 1. The molecule has 146 valence electrons. The summed E-state index contributed by atoms with van der Waals surface area (Å²) in [5.41, 5.74) is 1.51. The quantitative estimate of drug-likeness (QED) is 0.761. The lowest BCUT2D eigenvalue weighted by Crippen LogP contribution is -2.48. The molecule has 0 aliphatic carbocycles. The van der Waals surface area contributed by atoms with Gasteiger partial charge in [0, 0.05) is 29.9 Å². The van der Waals surface area contributed by atoms with Crippen molar-refractivity contribution in [3.8, 4) is 0 Å². The molecule has 1 fully saturated rings. The highest BCUT2D eigenvalue weighted by molar-refractivity contribution is 6.35. The van der Waals surface area contributed by atoms with Gasteiger partial charge >= 0.3 is 11.8 Å². The summed E-state index contributed by atoms with van der Waals surface area (Å²) in [5, 5.41) is 5.33. The zero-order valence-corrected chi connectivity index (χ0v) is 16.2. The van der Waals surface area contributed by atoms with Crippen LogP contribution in [0, 0.1) is 0 Å². The van der Waals surface area contributed by atoms with Crippen LogP contribution in [0.4, 0.5) is 5.69 Å². The van der Waals surface area contributed by atoms with Gasteiger partial charge in [0.25, 0.3) is 5.91 Å². The minimum absolute atomic E-state index is 0.0308. The van der Waals surface area contributed by atoms with E-state index in [-0.39, 0.29) is 18.0 Å². The molecule has 2 aliphatic heterocycles. The number of rotatable bonds is 5. The van der Waals surface area contributed by atoms with Gasteiger partial charge in [-0.2, -0.15) is 0 Å². The van der Waals surface area contributed by atoms with Crippen LogP contribution in [0.5, 0.6) is 0 Å². The maximum atomic E-state index is 12.8. The Balaban J connectivity index is 1.63. The Morgan fingerprint density at radius 2 is 1.96 bits per heavy atom. The number of fused-ring (bicyclic) bond motifs is 1. The highest BCUT2D eigenvalue weighted by Crippen LogP contribution is 2.36. The second kappa shape index (κ2) is 8.08. The summed E-state index contributed by atoms with van der Waals surface area (Å²) in [6, 6.07) is 6.79. The zero-order valence-electron chi connectivity index (χ0n) is 16.2. The van der Waals surface area contributed by atoms with E-state index in [4.69, 9.17) is 0 Å². The van der Waals surface area contributed by atoms with E-state index in [0.717, 1.165) is 37.2 Å². The standard InChI is InChI=1S/C20H28N4O3/c1-4-23-11-7-8-14(23)12-21-18(25)19(26)22-17-15-9-5-6-10-16(15)24(13(2)3)20(17)27/h5-6,9-10,13-14,17H,4,7-8,11-12H2,1-3H3,(H,21,25)(H,22,26)/t14-,17-/m1/s1. The summed E-state index contributed by atoms with van der Waals surface area (Å²) in [7, 11) is 0. The van der Waals surface area contributed by atoms with E-state index in [2.05, 4.69) is 22.5 Å². The van der Waals surface area contributed by atoms with Crippen LogP contribution in [0.25, 0.3) is 0 Å². The van der Waals surface area contributed by atoms with E-state index in [1.807, 2.05) is 38.1 Å². The summed E-state index contributed by atoms with van der Waals surface area (Å²) in [4.78, 5) is 41.4. The van der Waals surface area contributed by atoms with Gasteiger partial charge in [0.1, 0.15) is 6.04 Å². The number of anilines is 1. The van der Waals surface area contributed by atoms with Crippen LogP contribution in [-0.2, 0) is 14.4 Å². The zero-order chi connectivity index (χ0) is 19.6. The van der Waals surface area contributed by atoms with Crippen molar-refractivity contribution in [1.82, 2.24) is 15.5 Å². The number of para-hydroxylation sites is 1. The minimum atomic E-state index is -0.819. The van der Waals surface area contributed by atoms with Gasteiger partial charge in [0.2, 0.25) is 0 Å². The molecular formula is C20H28N4O3. The van der Waals surface area contributed by atoms with Crippen LogP contribution in [0.1, 0.15) is 45.2 Å². The molecule has 3 rings (SSSR count). The van der Waals surface area contributed by atoms with Gasteiger partial charge in [0.15, 0.2) is 0 Å². The molecule has 0 unspecified atom stereocenters. The number of likely N-dealkylation sites (tertiary alicyclic amines) is 1. The second-order valence-corrected chi connectivity index (χ2v) is 7.40. The molecule has 7 nitrogen and oxygen atoms in total. The van der Waals surface area contributed by atoms with Crippen LogP contribution >= 0.6 is 0 Å². The normalized spacial score (nSPS) is 22.2. The molecule has 3 amide bonds. The highest BCUT2D eigenvalue weighted by atomic mass is 16.2. The average Bonchev–Trinajstić information content (AvgIpc) is 3.22. The first-order valence-electron chi connectivity index (χ1n) is 9.68. The predicted octanol–water partition coefficient (Wildman–Crippen LogP) is 1.20. The molecule has 0 bridgehead atoms. The van der Waals surface area contributed by atoms with E-state index in [9.17, 15) is 14.4 Å². The van der Waals surface area contributed by atoms with Crippen molar-refractivity contribution in [3.63, 3.8) is 0 Å². The number of hydrogen-bond acceptors (Lipinski definition) is 4. The summed E-state index contributed by atoms with van der Waals surface area (Å²) < 4.78 is 0. The first-order chi connectivity index (χ1) is 12.9. The van der Waals surface area contributed by atoms with Crippen LogP contribution in [-0.4, -0.2) is 54.3 Å². The molecule has 0 aromatic heterocycles. The Labute approximate surface area is 160 Å². The number of hydrogen-bond donors (Lipinski definition) is 2. The monoisotopic (exact) mass is 372 g/mol. The van der Waals surface area contributed by atoms with Crippen molar-refractivity contribution < 1.29 is 14.4 Å². The Kier molecular flexibility index (Phi) is 5.79. The third kappa shape index (κ3) is 3.83. The van der Waals surface area contributed by atoms with Gasteiger partial charge in [-0.1, -0.05) is 25.1 Å². The number of amides is 3.